The number of carbonyl (C=O) groups excluding carboxylic acids is 1. The molecule has 0 amide bonds. The van der Waals surface area contributed by atoms with Gasteiger partial charge in [-0.05, 0) is 43.5 Å². The van der Waals surface area contributed by atoms with Crippen molar-refractivity contribution in [1.29, 1.82) is 0 Å². The molecule has 3 nitrogen and oxygen atoms in total. The minimum absolute atomic E-state index is 0.0473. The van der Waals surface area contributed by atoms with Crippen LogP contribution in [0.5, 0.6) is 0 Å². The van der Waals surface area contributed by atoms with Crippen LogP contribution in [0.2, 0.25) is 5.02 Å². The summed E-state index contributed by atoms with van der Waals surface area (Å²) in [5.74, 6) is -1.21. The van der Waals surface area contributed by atoms with E-state index in [0.29, 0.717) is 18.0 Å². The lowest BCUT2D eigenvalue weighted by atomic mass is 9.80. The van der Waals surface area contributed by atoms with Crippen LogP contribution < -0.4 is 0 Å². The number of nitrogens with zero attached hydrogens (tertiary/aromatic N) is 1. The summed E-state index contributed by atoms with van der Waals surface area (Å²) in [6.07, 6.45) is -3.80. The van der Waals surface area contributed by atoms with E-state index < -0.39 is 24.6 Å². The third kappa shape index (κ3) is 5.11. The molecule has 0 bridgehead atoms. The van der Waals surface area contributed by atoms with Crippen molar-refractivity contribution in [2.45, 2.75) is 25.4 Å². The lowest BCUT2D eigenvalue weighted by Crippen LogP contribution is -2.46. The van der Waals surface area contributed by atoms with Gasteiger partial charge in [0.1, 0.15) is 0 Å². The minimum Gasteiger partial charge on any atom is -0.466 e. The lowest BCUT2D eigenvalue weighted by Gasteiger charge is -2.37. The molecular formula is C16H19ClF3NO2. The zero-order valence-electron chi connectivity index (χ0n) is 12.8. The second-order valence-electron chi connectivity index (χ2n) is 5.66. The van der Waals surface area contributed by atoms with Gasteiger partial charge < -0.3 is 4.74 Å². The van der Waals surface area contributed by atoms with Crippen molar-refractivity contribution in [3.8, 4) is 0 Å². The van der Waals surface area contributed by atoms with Crippen molar-refractivity contribution >= 4 is 17.6 Å². The zero-order chi connectivity index (χ0) is 17.0. The van der Waals surface area contributed by atoms with Crippen LogP contribution in [-0.4, -0.2) is 43.3 Å². The van der Waals surface area contributed by atoms with Gasteiger partial charge in [0.15, 0.2) is 0 Å². The number of benzene rings is 1. The van der Waals surface area contributed by atoms with E-state index in [-0.39, 0.29) is 19.1 Å². The molecule has 1 aromatic carbocycles. The molecule has 2 atom stereocenters. The van der Waals surface area contributed by atoms with Gasteiger partial charge >= 0.3 is 12.1 Å². The minimum atomic E-state index is -4.27. The standard InChI is InChI=1S/C16H19ClF3NO2/c1-2-23-15(22)14-9-21(10-16(18,19)20)8-7-13(14)11-3-5-12(17)6-4-11/h3-6,13-14H,2,7-10H2,1H3/t13-,14+/m1/s1. The molecular weight excluding hydrogens is 331 g/mol. The number of piperidine rings is 1. The summed E-state index contributed by atoms with van der Waals surface area (Å²) in [6.45, 7) is 1.23. The van der Waals surface area contributed by atoms with Crippen LogP contribution in [-0.2, 0) is 9.53 Å². The molecule has 2 rings (SSSR count). The second kappa shape index (κ2) is 7.53. The first-order chi connectivity index (χ1) is 10.8. The molecule has 0 spiro atoms. The van der Waals surface area contributed by atoms with Crippen molar-refractivity contribution in [1.82, 2.24) is 4.90 Å². The number of rotatable bonds is 4. The van der Waals surface area contributed by atoms with E-state index in [9.17, 15) is 18.0 Å². The topological polar surface area (TPSA) is 29.5 Å². The van der Waals surface area contributed by atoms with Gasteiger partial charge in [0.25, 0.3) is 0 Å². The Labute approximate surface area is 138 Å². The van der Waals surface area contributed by atoms with Gasteiger partial charge in [0.2, 0.25) is 0 Å². The Morgan fingerprint density at radius 2 is 2.00 bits per heavy atom. The molecule has 0 saturated carbocycles. The summed E-state index contributed by atoms with van der Waals surface area (Å²) in [4.78, 5) is 13.5. The van der Waals surface area contributed by atoms with Gasteiger partial charge in [-0.1, -0.05) is 23.7 Å². The molecule has 1 aromatic rings. The van der Waals surface area contributed by atoms with E-state index in [0.717, 1.165) is 5.56 Å². The summed E-state index contributed by atoms with van der Waals surface area (Å²) >= 11 is 5.87. The maximum Gasteiger partial charge on any atom is 0.401 e. The van der Waals surface area contributed by atoms with Crippen molar-refractivity contribution in [3.63, 3.8) is 0 Å². The van der Waals surface area contributed by atoms with Crippen LogP contribution in [0.4, 0.5) is 13.2 Å². The van der Waals surface area contributed by atoms with E-state index >= 15 is 0 Å². The first-order valence-corrected chi connectivity index (χ1v) is 7.89. The highest BCUT2D eigenvalue weighted by molar-refractivity contribution is 6.30. The average molecular weight is 350 g/mol. The summed E-state index contributed by atoms with van der Waals surface area (Å²) in [5.41, 5.74) is 0.902. The Morgan fingerprint density at radius 3 is 2.57 bits per heavy atom. The van der Waals surface area contributed by atoms with Crippen molar-refractivity contribution in [2.75, 3.05) is 26.2 Å². The summed E-state index contributed by atoms with van der Waals surface area (Å²) in [7, 11) is 0. The smallest absolute Gasteiger partial charge is 0.401 e. The first kappa shape index (κ1) is 18.1. The number of alkyl halides is 3. The van der Waals surface area contributed by atoms with E-state index in [4.69, 9.17) is 16.3 Å². The van der Waals surface area contributed by atoms with E-state index in [2.05, 4.69) is 0 Å². The molecule has 23 heavy (non-hydrogen) atoms. The monoisotopic (exact) mass is 349 g/mol. The van der Waals surface area contributed by atoms with Gasteiger partial charge in [-0.2, -0.15) is 13.2 Å². The fourth-order valence-corrected chi connectivity index (χ4v) is 3.14. The molecule has 7 heteroatoms. The fourth-order valence-electron chi connectivity index (χ4n) is 3.01. The molecule has 1 aliphatic heterocycles. The average Bonchev–Trinajstić information content (AvgIpc) is 2.47. The Balaban J connectivity index is 2.17. The number of esters is 1. The van der Waals surface area contributed by atoms with Crippen LogP contribution in [0.3, 0.4) is 0 Å². The highest BCUT2D eigenvalue weighted by atomic mass is 35.5. The highest BCUT2D eigenvalue weighted by Gasteiger charge is 2.40. The van der Waals surface area contributed by atoms with Crippen LogP contribution in [0.15, 0.2) is 24.3 Å². The molecule has 1 heterocycles. The van der Waals surface area contributed by atoms with E-state index in [1.807, 2.05) is 12.1 Å². The predicted octanol–water partition coefficient (Wildman–Crippen LogP) is 3.87. The molecule has 0 N–H and O–H groups in total. The maximum absolute atomic E-state index is 12.6. The Bertz CT molecular complexity index is 533. The van der Waals surface area contributed by atoms with Gasteiger partial charge in [0, 0.05) is 11.6 Å². The van der Waals surface area contributed by atoms with Crippen LogP contribution >= 0.6 is 11.6 Å². The van der Waals surface area contributed by atoms with E-state index in [1.165, 1.54) is 4.90 Å². The van der Waals surface area contributed by atoms with Crippen LogP contribution in [0, 0.1) is 5.92 Å². The van der Waals surface area contributed by atoms with Gasteiger partial charge in [-0.3, -0.25) is 9.69 Å². The van der Waals surface area contributed by atoms with Crippen LogP contribution in [0.1, 0.15) is 24.8 Å². The number of hydrogen-bond acceptors (Lipinski definition) is 3. The molecule has 1 saturated heterocycles. The number of ether oxygens (including phenoxy) is 1. The zero-order valence-corrected chi connectivity index (χ0v) is 13.5. The third-order valence-corrected chi connectivity index (χ3v) is 4.24. The van der Waals surface area contributed by atoms with Crippen LogP contribution in [0.25, 0.3) is 0 Å². The molecule has 128 valence electrons. The molecule has 1 fully saturated rings. The fraction of sp³-hybridized carbons (Fsp3) is 0.562. The van der Waals surface area contributed by atoms with E-state index in [1.54, 1.807) is 19.1 Å². The summed E-state index contributed by atoms with van der Waals surface area (Å²) < 4.78 is 42.9. The Hall–Kier alpha value is -1.27. The first-order valence-electron chi connectivity index (χ1n) is 7.51. The summed E-state index contributed by atoms with van der Waals surface area (Å²) in [5, 5.41) is 0.580. The largest absolute Gasteiger partial charge is 0.466 e. The number of carbonyl (C=O) groups is 1. The SMILES string of the molecule is CCOC(=O)[C@H]1CN(CC(F)(F)F)CC[C@@H]1c1ccc(Cl)cc1. The van der Waals surface area contributed by atoms with Crippen molar-refractivity contribution < 1.29 is 22.7 Å². The second-order valence-corrected chi connectivity index (χ2v) is 6.09. The maximum atomic E-state index is 12.6. The third-order valence-electron chi connectivity index (χ3n) is 3.99. The normalized spacial score (nSPS) is 22.8. The van der Waals surface area contributed by atoms with Gasteiger partial charge in [0.05, 0.1) is 19.1 Å². The number of halogens is 4. The lowest BCUT2D eigenvalue weighted by molar-refractivity contribution is -0.161. The number of hydrogen-bond donors (Lipinski definition) is 0. The van der Waals surface area contributed by atoms with Gasteiger partial charge in [-0.25, -0.2) is 0 Å². The quantitative estimate of drug-likeness (QED) is 0.773. The predicted molar refractivity (Wildman–Crippen MR) is 81.4 cm³/mol. The highest BCUT2D eigenvalue weighted by Crippen LogP contribution is 2.35. The molecule has 0 radical (unpaired) electrons. The molecule has 0 aromatic heterocycles. The summed E-state index contributed by atoms with van der Waals surface area (Å²) in [6, 6.07) is 7.08. The van der Waals surface area contributed by atoms with Crippen molar-refractivity contribution in [2.24, 2.45) is 5.92 Å². The number of likely N-dealkylation sites (tertiary alicyclic amines) is 1. The molecule has 1 aliphatic rings. The van der Waals surface area contributed by atoms with Crippen molar-refractivity contribution in [3.05, 3.63) is 34.9 Å². The van der Waals surface area contributed by atoms with Gasteiger partial charge in [-0.15, -0.1) is 0 Å². The molecule has 0 aliphatic carbocycles. The molecule has 0 unspecified atom stereocenters. The Morgan fingerprint density at radius 1 is 1.35 bits per heavy atom. The Kier molecular flexibility index (Phi) is 5.92.